The van der Waals surface area contributed by atoms with Crippen LogP contribution in [0, 0.1) is 0 Å². The summed E-state index contributed by atoms with van der Waals surface area (Å²) >= 11 is 0. The Kier molecular flexibility index (Phi) is 7.30. The van der Waals surface area contributed by atoms with E-state index in [1.165, 1.54) is 13.8 Å². The predicted octanol–water partition coefficient (Wildman–Crippen LogP) is 5.23. The predicted molar refractivity (Wildman–Crippen MR) is 135 cm³/mol. The normalized spacial score (nSPS) is 13.4. The summed E-state index contributed by atoms with van der Waals surface area (Å²) in [5.41, 5.74) is 3.12. The van der Waals surface area contributed by atoms with Gasteiger partial charge in [-0.05, 0) is 48.3 Å². The molecular weight excluding hydrogens is 438 g/mol. The minimum atomic E-state index is -0.637. The Morgan fingerprint density at radius 1 is 0.909 bits per heavy atom. The average Bonchev–Trinajstić information content (AvgIpc) is 2.78. The summed E-state index contributed by atoms with van der Waals surface area (Å²) in [5.74, 6) is -0.0917. The first-order chi connectivity index (χ1) is 15.4. The van der Waals surface area contributed by atoms with Crippen LogP contribution >= 0.6 is 12.4 Å². The van der Waals surface area contributed by atoms with E-state index in [1.807, 2.05) is 42.5 Å². The molecule has 3 aromatic rings. The molecule has 0 aliphatic carbocycles. The number of hydrogen-bond acceptors (Lipinski definition) is 4. The van der Waals surface area contributed by atoms with Crippen molar-refractivity contribution in [3.05, 3.63) is 65.7 Å². The van der Waals surface area contributed by atoms with Crippen LogP contribution in [0.1, 0.15) is 45.0 Å². The van der Waals surface area contributed by atoms with Crippen molar-refractivity contribution in [3.8, 4) is 5.75 Å². The monoisotopic (exact) mass is 467 g/mol. The molecule has 0 fully saturated rings. The van der Waals surface area contributed by atoms with Crippen LogP contribution in [0.25, 0.3) is 10.8 Å². The van der Waals surface area contributed by atoms with E-state index >= 15 is 0 Å². The van der Waals surface area contributed by atoms with Gasteiger partial charge in [-0.1, -0.05) is 44.2 Å². The minimum Gasteiger partial charge on any atom is -0.508 e. The fourth-order valence-electron chi connectivity index (χ4n) is 4.64. The van der Waals surface area contributed by atoms with Crippen LogP contribution < -0.4 is 9.80 Å². The molecule has 6 nitrogen and oxygen atoms in total. The quantitative estimate of drug-likeness (QED) is 0.558. The third-order valence-corrected chi connectivity index (χ3v) is 6.24. The van der Waals surface area contributed by atoms with E-state index in [0.29, 0.717) is 6.54 Å². The van der Waals surface area contributed by atoms with Crippen molar-refractivity contribution in [1.29, 1.82) is 0 Å². The lowest BCUT2D eigenvalue weighted by atomic mass is 9.97. The third kappa shape index (κ3) is 4.28. The molecule has 0 spiro atoms. The van der Waals surface area contributed by atoms with E-state index in [0.717, 1.165) is 46.4 Å². The Morgan fingerprint density at radius 3 is 1.94 bits per heavy atom. The van der Waals surface area contributed by atoms with Crippen molar-refractivity contribution < 1.29 is 14.7 Å². The number of halogens is 1. The van der Waals surface area contributed by atoms with Gasteiger partial charge < -0.3 is 5.11 Å². The van der Waals surface area contributed by atoms with Crippen LogP contribution in [0.3, 0.4) is 0 Å². The maximum atomic E-state index is 13.0. The standard InChI is InChI=1S/C26H29N3O3.ClH/c1-5-27(6-2)16-21-15-20(13-14-24(21)32)26-28(17(3)30)22-11-7-9-19-10-8-12-23(25(19)22)29(26)18(4)31;/h7-15,26,32H,5-6,16H2,1-4H3;1H. The first-order valence-electron chi connectivity index (χ1n) is 11.0. The molecular formula is C26H30ClN3O3. The molecule has 1 heterocycles. The number of carbonyl (C=O) groups excluding carboxylic acids is 2. The van der Waals surface area contributed by atoms with Gasteiger partial charge in [-0.2, -0.15) is 0 Å². The molecule has 33 heavy (non-hydrogen) atoms. The number of benzene rings is 3. The van der Waals surface area contributed by atoms with Gasteiger partial charge in [0.15, 0.2) is 0 Å². The summed E-state index contributed by atoms with van der Waals surface area (Å²) in [5, 5.41) is 12.4. The molecule has 0 saturated carbocycles. The highest BCUT2D eigenvalue weighted by Gasteiger charge is 2.39. The van der Waals surface area contributed by atoms with Crippen LogP contribution in [0.5, 0.6) is 5.75 Å². The molecule has 7 heteroatoms. The van der Waals surface area contributed by atoms with Crippen LogP contribution in [0.2, 0.25) is 0 Å². The molecule has 0 aromatic heterocycles. The summed E-state index contributed by atoms with van der Waals surface area (Å²) in [4.78, 5) is 31.5. The first-order valence-corrected chi connectivity index (χ1v) is 11.0. The van der Waals surface area contributed by atoms with E-state index in [2.05, 4.69) is 18.7 Å². The van der Waals surface area contributed by atoms with Crippen LogP contribution in [-0.4, -0.2) is 34.9 Å². The lowest BCUT2D eigenvalue weighted by Gasteiger charge is -2.44. The number of carbonyl (C=O) groups is 2. The van der Waals surface area contributed by atoms with Gasteiger partial charge in [0, 0.05) is 31.3 Å². The Bertz CT molecular complexity index is 1140. The second-order valence-electron chi connectivity index (χ2n) is 8.15. The zero-order valence-electron chi connectivity index (χ0n) is 19.4. The van der Waals surface area contributed by atoms with Gasteiger partial charge in [0.25, 0.3) is 0 Å². The van der Waals surface area contributed by atoms with Gasteiger partial charge in [0.05, 0.1) is 11.4 Å². The summed E-state index contributed by atoms with van der Waals surface area (Å²) < 4.78 is 0. The number of anilines is 2. The molecule has 1 N–H and O–H groups in total. The molecule has 174 valence electrons. The summed E-state index contributed by atoms with van der Waals surface area (Å²) in [6, 6.07) is 17.1. The fourth-order valence-corrected chi connectivity index (χ4v) is 4.64. The lowest BCUT2D eigenvalue weighted by molar-refractivity contribution is -0.118. The molecule has 1 aliphatic rings. The molecule has 0 saturated heterocycles. The van der Waals surface area contributed by atoms with Crippen LogP contribution in [0.4, 0.5) is 11.4 Å². The highest BCUT2D eigenvalue weighted by Crippen LogP contribution is 2.47. The van der Waals surface area contributed by atoms with Crippen molar-refractivity contribution in [2.75, 3.05) is 22.9 Å². The third-order valence-electron chi connectivity index (χ3n) is 6.24. The van der Waals surface area contributed by atoms with E-state index in [4.69, 9.17) is 0 Å². The van der Waals surface area contributed by atoms with Crippen molar-refractivity contribution >= 4 is 46.4 Å². The van der Waals surface area contributed by atoms with E-state index in [-0.39, 0.29) is 30.0 Å². The molecule has 0 atom stereocenters. The largest absolute Gasteiger partial charge is 0.508 e. The SMILES string of the molecule is CCN(CC)Cc1cc(C2N(C(C)=O)c3cccc4cccc(c34)N2C(C)=O)ccc1O.Cl. The van der Waals surface area contributed by atoms with Crippen molar-refractivity contribution in [1.82, 2.24) is 4.90 Å². The van der Waals surface area contributed by atoms with Crippen molar-refractivity contribution in [3.63, 3.8) is 0 Å². The Hall–Kier alpha value is -3.09. The molecule has 0 radical (unpaired) electrons. The summed E-state index contributed by atoms with van der Waals surface area (Å²) in [7, 11) is 0. The van der Waals surface area contributed by atoms with E-state index < -0.39 is 6.17 Å². The number of hydrogen-bond donors (Lipinski definition) is 1. The molecule has 4 rings (SSSR count). The zero-order valence-corrected chi connectivity index (χ0v) is 20.2. The molecule has 1 aliphatic heterocycles. The number of phenolic OH excluding ortho intramolecular Hbond substituents is 1. The zero-order chi connectivity index (χ0) is 23.0. The number of nitrogens with zero attached hydrogens (tertiary/aromatic N) is 3. The Balaban J connectivity index is 0.00000306. The van der Waals surface area contributed by atoms with E-state index in [9.17, 15) is 14.7 Å². The topological polar surface area (TPSA) is 64.1 Å². The van der Waals surface area contributed by atoms with Gasteiger partial charge >= 0.3 is 0 Å². The van der Waals surface area contributed by atoms with Crippen LogP contribution in [0.15, 0.2) is 54.6 Å². The smallest absolute Gasteiger partial charge is 0.225 e. The minimum absolute atomic E-state index is 0. The van der Waals surface area contributed by atoms with Gasteiger partial charge in [0.2, 0.25) is 11.8 Å². The van der Waals surface area contributed by atoms with Gasteiger partial charge in [-0.3, -0.25) is 24.3 Å². The van der Waals surface area contributed by atoms with Gasteiger partial charge in [-0.15, -0.1) is 12.4 Å². The number of phenols is 1. The van der Waals surface area contributed by atoms with Gasteiger partial charge in [0.1, 0.15) is 11.9 Å². The lowest BCUT2D eigenvalue weighted by Crippen LogP contribution is -2.48. The molecule has 2 amide bonds. The number of aromatic hydroxyl groups is 1. The van der Waals surface area contributed by atoms with Crippen LogP contribution in [-0.2, 0) is 16.1 Å². The highest BCUT2D eigenvalue weighted by molar-refractivity contribution is 6.15. The maximum absolute atomic E-state index is 13.0. The first kappa shape index (κ1) is 24.6. The highest BCUT2D eigenvalue weighted by atomic mass is 35.5. The maximum Gasteiger partial charge on any atom is 0.225 e. The molecule has 3 aromatic carbocycles. The molecule has 0 unspecified atom stereocenters. The number of amides is 2. The Labute approximate surface area is 200 Å². The Morgan fingerprint density at radius 2 is 1.45 bits per heavy atom. The summed E-state index contributed by atoms with van der Waals surface area (Å²) in [6.45, 7) is 9.52. The molecule has 0 bridgehead atoms. The van der Waals surface area contributed by atoms with Gasteiger partial charge in [-0.25, -0.2) is 0 Å². The number of rotatable bonds is 5. The van der Waals surface area contributed by atoms with Crippen molar-refractivity contribution in [2.24, 2.45) is 0 Å². The van der Waals surface area contributed by atoms with E-state index in [1.54, 1.807) is 21.9 Å². The summed E-state index contributed by atoms with van der Waals surface area (Å²) in [6.07, 6.45) is -0.637. The second-order valence-corrected chi connectivity index (χ2v) is 8.15. The fraction of sp³-hybridized carbons (Fsp3) is 0.308. The average molecular weight is 468 g/mol. The van der Waals surface area contributed by atoms with Crippen molar-refractivity contribution in [2.45, 2.75) is 40.4 Å². The second kappa shape index (κ2) is 9.81.